The maximum Gasteiger partial charge on any atom is 0.326 e. The van der Waals surface area contributed by atoms with Crippen LogP contribution < -0.4 is 5.32 Å². The van der Waals surface area contributed by atoms with E-state index in [1.54, 1.807) is 18.7 Å². The standard InChI is InChI=1S/C19H32N2O5/c1-4-8-14(19(25)26-5-2)20-12(3)17(22)21-15-10-7-6-9-13(15)11-16(21)18(23)24/h12-16,20H,4-11H2,1-3H3,(H,23,24)/t12-,13+,14+,15-,16-/m1/s1. The van der Waals surface area contributed by atoms with Crippen molar-refractivity contribution in [1.29, 1.82) is 0 Å². The minimum atomic E-state index is -0.935. The largest absolute Gasteiger partial charge is 0.480 e. The Morgan fingerprint density at radius 2 is 1.92 bits per heavy atom. The zero-order valence-corrected chi connectivity index (χ0v) is 16.1. The van der Waals surface area contributed by atoms with Gasteiger partial charge in [-0.15, -0.1) is 0 Å². The van der Waals surface area contributed by atoms with Crippen LogP contribution in [0.25, 0.3) is 0 Å². The molecule has 5 atom stereocenters. The molecule has 1 saturated carbocycles. The Hall–Kier alpha value is -1.63. The van der Waals surface area contributed by atoms with Gasteiger partial charge in [0.25, 0.3) is 0 Å². The molecule has 7 heteroatoms. The Balaban J connectivity index is 2.10. The molecule has 1 heterocycles. The highest BCUT2D eigenvalue weighted by Crippen LogP contribution is 2.40. The van der Waals surface area contributed by atoms with Gasteiger partial charge in [-0.3, -0.25) is 14.9 Å². The lowest BCUT2D eigenvalue weighted by atomic mass is 9.84. The monoisotopic (exact) mass is 368 g/mol. The summed E-state index contributed by atoms with van der Waals surface area (Å²) in [6.45, 7) is 5.72. The fourth-order valence-electron chi connectivity index (χ4n) is 4.39. The fourth-order valence-corrected chi connectivity index (χ4v) is 4.39. The average molecular weight is 368 g/mol. The second kappa shape index (κ2) is 9.35. The molecule has 148 valence electrons. The lowest BCUT2D eigenvalue weighted by Crippen LogP contribution is -2.55. The third kappa shape index (κ3) is 4.55. The van der Waals surface area contributed by atoms with Crippen LogP contribution in [0.5, 0.6) is 0 Å². The Morgan fingerprint density at radius 3 is 2.54 bits per heavy atom. The van der Waals surface area contributed by atoms with Crippen molar-refractivity contribution in [2.75, 3.05) is 6.61 Å². The molecule has 7 nitrogen and oxygen atoms in total. The number of carbonyl (C=O) groups is 3. The number of esters is 1. The summed E-state index contributed by atoms with van der Waals surface area (Å²) in [5.41, 5.74) is 0. The Morgan fingerprint density at radius 1 is 1.23 bits per heavy atom. The van der Waals surface area contributed by atoms with Gasteiger partial charge in [0.2, 0.25) is 5.91 Å². The summed E-state index contributed by atoms with van der Waals surface area (Å²) >= 11 is 0. The molecule has 0 aromatic carbocycles. The zero-order chi connectivity index (χ0) is 19.3. The van der Waals surface area contributed by atoms with Gasteiger partial charge < -0.3 is 14.7 Å². The van der Waals surface area contributed by atoms with Crippen LogP contribution in [0.4, 0.5) is 0 Å². The summed E-state index contributed by atoms with van der Waals surface area (Å²) in [5.74, 6) is -1.24. The van der Waals surface area contributed by atoms with Crippen LogP contribution in [0.15, 0.2) is 0 Å². The van der Waals surface area contributed by atoms with E-state index in [1.165, 1.54) is 0 Å². The molecule has 0 aromatic heterocycles. The van der Waals surface area contributed by atoms with Crippen molar-refractivity contribution in [1.82, 2.24) is 10.2 Å². The van der Waals surface area contributed by atoms with Crippen molar-refractivity contribution in [3.63, 3.8) is 0 Å². The molecule has 0 unspecified atom stereocenters. The van der Waals surface area contributed by atoms with E-state index in [0.29, 0.717) is 19.4 Å². The summed E-state index contributed by atoms with van der Waals surface area (Å²) in [6.07, 6.45) is 5.87. The average Bonchev–Trinajstić information content (AvgIpc) is 3.00. The van der Waals surface area contributed by atoms with Gasteiger partial charge in [-0.2, -0.15) is 0 Å². The van der Waals surface area contributed by atoms with E-state index < -0.39 is 24.1 Å². The van der Waals surface area contributed by atoms with Gasteiger partial charge in [0, 0.05) is 6.04 Å². The molecule has 26 heavy (non-hydrogen) atoms. The topological polar surface area (TPSA) is 95.9 Å². The number of carboxylic acids is 1. The van der Waals surface area contributed by atoms with E-state index in [2.05, 4.69) is 5.32 Å². The molecule has 0 radical (unpaired) electrons. The highest BCUT2D eigenvalue weighted by Gasteiger charge is 2.48. The van der Waals surface area contributed by atoms with Crippen molar-refractivity contribution in [2.24, 2.45) is 5.92 Å². The molecule has 2 N–H and O–H groups in total. The summed E-state index contributed by atoms with van der Waals surface area (Å²) < 4.78 is 5.09. The summed E-state index contributed by atoms with van der Waals surface area (Å²) in [4.78, 5) is 38.5. The first-order chi connectivity index (χ1) is 12.4. The maximum atomic E-state index is 13.1. The normalized spacial score (nSPS) is 27.5. The van der Waals surface area contributed by atoms with E-state index in [1.807, 2.05) is 6.92 Å². The Kier molecular flexibility index (Phi) is 7.43. The number of nitrogens with zero attached hydrogens (tertiary/aromatic N) is 1. The van der Waals surface area contributed by atoms with Gasteiger partial charge in [0.1, 0.15) is 12.1 Å². The van der Waals surface area contributed by atoms with Gasteiger partial charge >= 0.3 is 11.9 Å². The Labute approximate surface area is 155 Å². The number of likely N-dealkylation sites (tertiary alicyclic amines) is 1. The van der Waals surface area contributed by atoms with Crippen molar-refractivity contribution < 1.29 is 24.2 Å². The molecule has 0 spiro atoms. The van der Waals surface area contributed by atoms with Crippen LogP contribution in [0.1, 0.15) is 65.7 Å². The van der Waals surface area contributed by atoms with Crippen molar-refractivity contribution >= 4 is 17.8 Å². The fraction of sp³-hybridized carbons (Fsp3) is 0.842. The SMILES string of the molecule is CCC[C@H](N[C@H](C)C(=O)N1[C@@H](C(=O)O)C[C@@H]2CCCC[C@H]21)C(=O)OCC. The number of amides is 1. The summed E-state index contributed by atoms with van der Waals surface area (Å²) in [7, 11) is 0. The number of hydrogen-bond donors (Lipinski definition) is 2. The van der Waals surface area contributed by atoms with Crippen molar-refractivity contribution in [3.8, 4) is 0 Å². The lowest BCUT2D eigenvalue weighted by molar-refractivity contribution is -0.152. The molecule has 1 aliphatic heterocycles. The molecule has 1 aliphatic carbocycles. The number of ether oxygens (including phenoxy) is 1. The number of nitrogens with one attached hydrogen (secondary N) is 1. The molecule has 0 bridgehead atoms. The van der Waals surface area contributed by atoms with Crippen molar-refractivity contribution in [2.45, 2.75) is 89.9 Å². The highest BCUT2D eigenvalue weighted by atomic mass is 16.5. The molecule has 1 saturated heterocycles. The van der Waals surface area contributed by atoms with Crippen LogP contribution in [0.3, 0.4) is 0 Å². The van der Waals surface area contributed by atoms with Crippen LogP contribution in [-0.4, -0.2) is 58.6 Å². The predicted molar refractivity (Wildman–Crippen MR) is 96.6 cm³/mol. The molecule has 1 amide bonds. The van der Waals surface area contributed by atoms with Gasteiger partial charge in [0.05, 0.1) is 12.6 Å². The number of rotatable bonds is 8. The van der Waals surface area contributed by atoms with E-state index >= 15 is 0 Å². The zero-order valence-electron chi connectivity index (χ0n) is 16.1. The predicted octanol–water partition coefficient (Wildman–Crippen LogP) is 1.94. The maximum absolute atomic E-state index is 13.1. The van der Waals surface area contributed by atoms with Crippen LogP contribution in [0.2, 0.25) is 0 Å². The third-order valence-corrected chi connectivity index (χ3v) is 5.60. The first kappa shape index (κ1) is 20.7. The number of carboxylic acid groups (broad SMARTS) is 1. The second-order valence-electron chi connectivity index (χ2n) is 7.43. The van der Waals surface area contributed by atoms with E-state index in [0.717, 1.165) is 32.1 Å². The minimum Gasteiger partial charge on any atom is -0.480 e. The summed E-state index contributed by atoms with van der Waals surface area (Å²) in [6, 6.07) is -1.92. The van der Waals surface area contributed by atoms with Gasteiger partial charge in [-0.25, -0.2) is 4.79 Å². The first-order valence-corrected chi connectivity index (χ1v) is 9.88. The van der Waals surface area contributed by atoms with Gasteiger partial charge in [-0.1, -0.05) is 26.2 Å². The number of fused-ring (bicyclic) bond motifs is 1. The van der Waals surface area contributed by atoms with Crippen molar-refractivity contribution in [3.05, 3.63) is 0 Å². The molecular formula is C19H32N2O5. The molecule has 2 fully saturated rings. The van der Waals surface area contributed by atoms with Crippen LogP contribution >= 0.6 is 0 Å². The molecular weight excluding hydrogens is 336 g/mol. The number of hydrogen-bond acceptors (Lipinski definition) is 5. The van der Waals surface area contributed by atoms with E-state index in [-0.39, 0.29) is 23.8 Å². The minimum absolute atomic E-state index is 0.00817. The summed E-state index contributed by atoms with van der Waals surface area (Å²) in [5, 5.41) is 12.7. The molecule has 2 aliphatic rings. The number of aliphatic carboxylic acids is 1. The second-order valence-corrected chi connectivity index (χ2v) is 7.43. The van der Waals surface area contributed by atoms with Gasteiger partial charge in [0.15, 0.2) is 0 Å². The molecule has 2 rings (SSSR count). The molecule has 0 aromatic rings. The van der Waals surface area contributed by atoms with Crippen LogP contribution in [-0.2, 0) is 19.1 Å². The lowest BCUT2D eigenvalue weighted by Gasteiger charge is -2.35. The third-order valence-electron chi connectivity index (χ3n) is 5.60. The highest BCUT2D eigenvalue weighted by molar-refractivity contribution is 5.88. The quantitative estimate of drug-likeness (QED) is 0.636. The van der Waals surface area contributed by atoms with Gasteiger partial charge in [-0.05, 0) is 45.4 Å². The van der Waals surface area contributed by atoms with E-state index in [4.69, 9.17) is 4.74 Å². The smallest absolute Gasteiger partial charge is 0.326 e. The first-order valence-electron chi connectivity index (χ1n) is 9.88. The Bertz CT molecular complexity index is 524. The number of carbonyl (C=O) groups excluding carboxylic acids is 2. The van der Waals surface area contributed by atoms with E-state index in [9.17, 15) is 19.5 Å². The van der Waals surface area contributed by atoms with Crippen LogP contribution in [0, 0.1) is 5.92 Å².